The van der Waals surface area contributed by atoms with E-state index < -0.39 is 16.8 Å². The Morgan fingerprint density at radius 3 is 2.76 bits per heavy atom. The molecule has 0 bridgehead atoms. The Bertz CT molecular complexity index is 1150. The van der Waals surface area contributed by atoms with Crippen molar-refractivity contribution in [3.05, 3.63) is 86.6 Å². The number of allylic oxidation sites excluding steroid dienone is 3. The minimum atomic E-state index is -0.777. The number of esters is 1. The molecule has 0 saturated carbocycles. The number of nitrogens with zero attached hydrogens (tertiary/aromatic N) is 1. The highest BCUT2D eigenvalue weighted by atomic mass is 16.6. The summed E-state index contributed by atoms with van der Waals surface area (Å²) in [5, 5.41) is 14.6. The molecule has 1 N–H and O–H groups in total. The van der Waals surface area contributed by atoms with Gasteiger partial charge in [0, 0.05) is 54.5 Å². The number of methoxy groups -OCH3 is 1. The lowest BCUT2D eigenvalue weighted by Crippen LogP contribution is -2.36. The highest BCUT2D eigenvalue weighted by Gasteiger charge is 2.42. The number of carbonyl (C=O) groups is 2. The van der Waals surface area contributed by atoms with Gasteiger partial charge in [-0.25, -0.2) is 4.79 Å². The summed E-state index contributed by atoms with van der Waals surface area (Å²) in [5.74, 6) is -0.929. The number of Topliss-reactive ketones (excluding diaryl/α,β-unsaturated/α-hetero) is 1. The van der Waals surface area contributed by atoms with E-state index in [0.29, 0.717) is 29.0 Å². The average Bonchev–Trinajstić information content (AvgIpc) is 3.33. The Morgan fingerprint density at radius 1 is 1.24 bits per heavy atom. The van der Waals surface area contributed by atoms with Gasteiger partial charge in [0.1, 0.15) is 12.4 Å². The van der Waals surface area contributed by atoms with Gasteiger partial charge in [-0.15, -0.1) is 0 Å². The molecule has 1 aliphatic heterocycles. The lowest BCUT2D eigenvalue weighted by molar-refractivity contribution is -0.384. The second-order valence-corrected chi connectivity index (χ2v) is 8.01. The quantitative estimate of drug-likeness (QED) is 0.292. The molecule has 1 aromatic heterocycles. The van der Waals surface area contributed by atoms with E-state index >= 15 is 0 Å². The number of hydrogen-bond donors (Lipinski definition) is 1. The van der Waals surface area contributed by atoms with Crippen LogP contribution in [0.5, 0.6) is 0 Å². The van der Waals surface area contributed by atoms with E-state index in [1.54, 1.807) is 31.4 Å². The van der Waals surface area contributed by atoms with Crippen molar-refractivity contribution in [3.8, 4) is 0 Å². The standard InChI is InChI=1S/C24H24N2O7/c1-14-21(24(28)33-10-9-31-2)22(15-5-3-6-17(11-15)26(29)30)23-18(25-14)12-16(13-19(23)27)20-7-4-8-32-20/h3-8,11,16,22,25H,9-10,12-13H2,1-2H3. The molecule has 1 aromatic carbocycles. The van der Waals surface area contributed by atoms with E-state index in [-0.39, 0.29) is 42.6 Å². The molecule has 0 spiro atoms. The monoisotopic (exact) mass is 452 g/mol. The van der Waals surface area contributed by atoms with E-state index in [9.17, 15) is 19.7 Å². The molecule has 9 nitrogen and oxygen atoms in total. The Kier molecular flexibility index (Phi) is 6.41. The Labute approximate surface area is 190 Å². The summed E-state index contributed by atoms with van der Waals surface area (Å²) in [6.07, 6.45) is 2.30. The van der Waals surface area contributed by atoms with Crippen LogP contribution >= 0.6 is 0 Å². The van der Waals surface area contributed by atoms with E-state index in [0.717, 1.165) is 5.76 Å². The predicted octanol–water partition coefficient (Wildman–Crippen LogP) is 3.74. The second kappa shape index (κ2) is 9.41. The van der Waals surface area contributed by atoms with Crippen molar-refractivity contribution < 1.29 is 28.4 Å². The number of ether oxygens (including phenoxy) is 2. The molecule has 172 valence electrons. The fourth-order valence-electron chi connectivity index (χ4n) is 4.48. The zero-order chi connectivity index (χ0) is 23.5. The number of hydrogen-bond acceptors (Lipinski definition) is 8. The molecule has 1 aliphatic carbocycles. The van der Waals surface area contributed by atoms with Gasteiger partial charge in [-0.1, -0.05) is 12.1 Å². The van der Waals surface area contributed by atoms with Gasteiger partial charge in [-0.3, -0.25) is 14.9 Å². The smallest absolute Gasteiger partial charge is 0.336 e. The molecule has 2 unspecified atom stereocenters. The van der Waals surface area contributed by atoms with Gasteiger partial charge < -0.3 is 19.2 Å². The summed E-state index contributed by atoms with van der Waals surface area (Å²) in [5.41, 5.74) is 2.30. The van der Waals surface area contributed by atoms with Crippen LogP contribution in [0.15, 0.2) is 69.6 Å². The maximum absolute atomic E-state index is 13.4. The SMILES string of the molecule is COCCOC(=O)C1=C(C)NC2=C(C(=O)CC(c3ccco3)C2)C1c1cccc([N+](=O)[O-])c1. The maximum Gasteiger partial charge on any atom is 0.336 e. The Morgan fingerprint density at radius 2 is 2.06 bits per heavy atom. The van der Waals surface area contributed by atoms with Gasteiger partial charge >= 0.3 is 5.97 Å². The van der Waals surface area contributed by atoms with Gasteiger partial charge in [-0.05, 0) is 31.0 Å². The molecule has 4 rings (SSSR count). The van der Waals surface area contributed by atoms with Crippen molar-refractivity contribution in [2.75, 3.05) is 20.3 Å². The van der Waals surface area contributed by atoms with Crippen LogP contribution in [0.2, 0.25) is 0 Å². The fraction of sp³-hybridized carbons (Fsp3) is 0.333. The molecule has 2 aromatic rings. The van der Waals surface area contributed by atoms with Crippen LogP contribution in [0.3, 0.4) is 0 Å². The summed E-state index contributed by atoms with van der Waals surface area (Å²) < 4.78 is 15.8. The number of nitrogens with one attached hydrogen (secondary N) is 1. The van der Waals surface area contributed by atoms with E-state index in [1.807, 2.05) is 6.07 Å². The molecule has 0 amide bonds. The number of nitro groups is 1. The maximum atomic E-state index is 13.4. The van der Waals surface area contributed by atoms with Crippen molar-refractivity contribution in [1.82, 2.24) is 5.32 Å². The number of nitro benzene ring substituents is 1. The first kappa shape index (κ1) is 22.5. The van der Waals surface area contributed by atoms with Gasteiger partial charge in [0.2, 0.25) is 0 Å². The molecule has 0 fully saturated rings. The van der Waals surface area contributed by atoms with E-state index in [2.05, 4.69) is 5.32 Å². The fourth-order valence-corrected chi connectivity index (χ4v) is 4.48. The molecule has 0 saturated heterocycles. The molecule has 2 aliphatic rings. The lowest BCUT2D eigenvalue weighted by Gasteiger charge is -2.36. The largest absolute Gasteiger partial charge is 0.469 e. The lowest BCUT2D eigenvalue weighted by atomic mass is 9.72. The Balaban J connectivity index is 1.79. The van der Waals surface area contributed by atoms with Crippen LogP contribution in [-0.4, -0.2) is 37.0 Å². The van der Waals surface area contributed by atoms with Crippen LogP contribution in [0.25, 0.3) is 0 Å². The summed E-state index contributed by atoms with van der Waals surface area (Å²) in [6.45, 7) is 2.01. The first-order chi connectivity index (χ1) is 15.9. The van der Waals surface area contributed by atoms with Gasteiger partial charge in [-0.2, -0.15) is 0 Å². The first-order valence-corrected chi connectivity index (χ1v) is 10.6. The molecule has 2 heterocycles. The minimum Gasteiger partial charge on any atom is -0.469 e. The number of ketones is 1. The van der Waals surface area contributed by atoms with E-state index in [1.165, 1.54) is 19.2 Å². The van der Waals surface area contributed by atoms with Crippen molar-refractivity contribution in [2.24, 2.45) is 0 Å². The van der Waals surface area contributed by atoms with Crippen LogP contribution in [-0.2, 0) is 19.1 Å². The number of rotatable bonds is 7. The minimum absolute atomic E-state index is 0.0498. The summed E-state index contributed by atoms with van der Waals surface area (Å²) in [4.78, 5) is 37.4. The zero-order valence-corrected chi connectivity index (χ0v) is 18.3. The highest BCUT2D eigenvalue weighted by Crippen LogP contribution is 2.46. The topological polar surface area (TPSA) is 121 Å². The Hall–Kier alpha value is -3.72. The number of non-ortho nitro benzene ring substituents is 1. The van der Waals surface area contributed by atoms with Crippen molar-refractivity contribution in [2.45, 2.75) is 31.6 Å². The van der Waals surface area contributed by atoms with Gasteiger partial charge in [0.15, 0.2) is 5.78 Å². The molecule has 0 radical (unpaired) electrons. The third-order valence-corrected chi connectivity index (χ3v) is 5.93. The first-order valence-electron chi connectivity index (χ1n) is 10.6. The third-order valence-electron chi connectivity index (χ3n) is 5.93. The molecule has 9 heteroatoms. The summed E-state index contributed by atoms with van der Waals surface area (Å²) in [6, 6.07) is 9.65. The predicted molar refractivity (Wildman–Crippen MR) is 117 cm³/mol. The van der Waals surface area contributed by atoms with Crippen LogP contribution < -0.4 is 5.32 Å². The van der Waals surface area contributed by atoms with Crippen molar-refractivity contribution in [3.63, 3.8) is 0 Å². The van der Waals surface area contributed by atoms with Crippen LogP contribution in [0.1, 0.15) is 42.9 Å². The summed E-state index contributed by atoms with van der Waals surface area (Å²) in [7, 11) is 1.50. The summed E-state index contributed by atoms with van der Waals surface area (Å²) >= 11 is 0. The van der Waals surface area contributed by atoms with Crippen molar-refractivity contribution >= 4 is 17.4 Å². The molecular weight excluding hydrogens is 428 g/mol. The second-order valence-electron chi connectivity index (χ2n) is 8.01. The normalized spacial score (nSPS) is 20.4. The van der Waals surface area contributed by atoms with Crippen LogP contribution in [0, 0.1) is 10.1 Å². The highest BCUT2D eigenvalue weighted by molar-refractivity contribution is 6.04. The van der Waals surface area contributed by atoms with E-state index in [4.69, 9.17) is 13.9 Å². The third kappa shape index (κ3) is 4.45. The zero-order valence-electron chi connectivity index (χ0n) is 18.3. The van der Waals surface area contributed by atoms with Crippen molar-refractivity contribution in [1.29, 1.82) is 0 Å². The van der Waals surface area contributed by atoms with Crippen LogP contribution in [0.4, 0.5) is 5.69 Å². The molecular formula is C24H24N2O7. The number of carbonyl (C=O) groups excluding carboxylic acids is 2. The van der Waals surface area contributed by atoms with Gasteiger partial charge in [0.25, 0.3) is 5.69 Å². The number of furan rings is 1. The van der Waals surface area contributed by atoms with Gasteiger partial charge in [0.05, 0.1) is 23.4 Å². The average molecular weight is 452 g/mol. The number of benzene rings is 1. The molecule has 33 heavy (non-hydrogen) atoms. The number of dihydropyridines is 1. The molecule has 2 atom stereocenters.